The van der Waals surface area contributed by atoms with Gasteiger partial charge in [-0.3, -0.25) is 45.5 Å². The number of benzene rings is 2. The van der Waals surface area contributed by atoms with Crippen LogP contribution >= 0.6 is 0 Å². The number of carbonyl (C=O) groups is 4. The first-order chi connectivity index (χ1) is 33.0. The molecule has 6 N–H and O–H groups in total. The lowest BCUT2D eigenvalue weighted by atomic mass is 9.71. The van der Waals surface area contributed by atoms with Gasteiger partial charge in [-0.05, 0) is 169 Å². The van der Waals surface area contributed by atoms with Crippen molar-refractivity contribution in [1.29, 1.82) is 0 Å². The predicted molar refractivity (Wildman–Crippen MR) is 261 cm³/mol. The third kappa shape index (κ3) is 9.16. The zero-order valence-electron chi connectivity index (χ0n) is 40.0. The lowest BCUT2D eigenvalue weighted by Crippen LogP contribution is -2.69. The molecule has 1 spiro atoms. The van der Waals surface area contributed by atoms with Crippen LogP contribution in [0.15, 0.2) is 54.6 Å². The Morgan fingerprint density at radius 2 is 1.56 bits per heavy atom. The van der Waals surface area contributed by atoms with Crippen molar-refractivity contribution in [3.63, 3.8) is 0 Å². The summed E-state index contributed by atoms with van der Waals surface area (Å²) in [5, 5.41) is 32.7. The van der Waals surface area contributed by atoms with Gasteiger partial charge in [0.15, 0.2) is 0 Å². The molecule has 7 fully saturated rings. The van der Waals surface area contributed by atoms with Crippen LogP contribution in [0.5, 0.6) is 0 Å². The lowest BCUT2D eigenvalue weighted by Gasteiger charge is -2.47. The first-order valence-corrected chi connectivity index (χ1v) is 26.1. The van der Waals surface area contributed by atoms with Crippen LogP contribution in [0.3, 0.4) is 0 Å². The maximum atomic E-state index is 13.8. The molecule has 7 atom stereocenters. The number of piperidine rings is 5. The van der Waals surface area contributed by atoms with Gasteiger partial charge in [-0.1, -0.05) is 12.2 Å². The average Bonchev–Trinajstić information content (AvgIpc) is 3.82. The van der Waals surface area contributed by atoms with Crippen LogP contribution in [0.1, 0.15) is 113 Å². The van der Waals surface area contributed by atoms with Gasteiger partial charge >= 0.3 is 0 Å². The Labute approximate surface area is 401 Å². The summed E-state index contributed by atoms with van der Waals surface area (Å²) in [6.07, 6.45) is 17.6. The third-order valence-electron chi connectivity index (χ3n) is 17.7. The maximum Gasteiger partial charge on any atom is 0.255 e. The average molecular weight is 932 g/mol. The lowest BCUT2D eigenvalue weighted by molar-refractivity contribution is -0.146. The number of fused-ring (bicyclic) bond motifs is 7. The van der Waals surface area contributed by atoms with Crippen LogP contribution in [0.2, 0.25) is 0 Å². The predicted octanol–water partition coefficient (Wildman–Crippen LogP) is 3.90. The summed E-state index contributed by atoms with van der Waals surface area (Å²) in [5.74, 6) is -0.0532. The minimum Gasteiger partial charge on any atom is -0.389 e. The van der Waals surface area contributed by atoms with Gasteiger partial charge in [0.2, 0.25) is 17.7 Å². The van der Waals surface area contributed by atoms with E-state index in [1.807, 2.05) is 18.0 Å². The number of anilines is 3. The van der Waals surface area contributed by atoms with E-state index in [9.17, 15) is 24.3 Å². The van der Waals surface area contributed by atoms with Crippen LogP contribution in [0, 0.1) is 17.3 Å². The molecule has 9 aliphatic rings. The van der Waals surface area contributed by atoms with Crippen molar-refractivity contribution < 1.29 is 24.3 Å². The van der Waals surface area contributed by atoms with Gasteiger partial charge < -0.3 is 30.0 Å². The second-order valence-electron chi connectivity index (χ2n) is 21.9. The number of hydrazine groups is 1. The summed E-state index contributed by atoms with van der Waals surface area (Å²) in [7, 11) is 0. The quantitative estimate of drug-likeness (QED) is 0.167. The standard InChI is InChI=1S/C52H73N11O5/c1-51(68)19-3-2-4-24-62-49(67)41-33-53-50(57-46(41)63(62)44-7-5-6-43(51)55-44)54-37-8-10-38(11-9-37)60-30-22-52(23-31-60)20-28-58(29-21-52)25-16-35-17-26-59(27-18-35)39-12-13-40-36(32-39)34-61(48(40)66)42-14-15-45(64)56-47(42)65/h2,4,8-13,32,35,41-44,46,50,53-55,57,68H,3,5-7,14-31,33-34H2,1H3,(H,56,64,65)/b4-2-/t41?,42?,43?,44?,46?,50?,51-/m1/s1. The highest BCUT2D eigenvalue weighted by Crippen LogP contribution is 2.43. The van der Waals surface area contributed by atoms with Crippen LogP contribution in [-0.4, -0.2) is 144 Å². The number of nitrogens with one attached hydrogen (secondary N) is 5. The number of carbonyl (C=O) groups excluding carboxylic acids is 4. The molecule has 7 saturated heterocycles. The molecule has 16 heteroatoms. The van der Waals surface area contributed by atoms with Crippen molar-refractivity contribution in [2.24, 2.45) is 17.3 Å². The highest BCUT2D eigenvalue weighted by Gasteiger charge is 2.53. The minimum absolute atomic E-state index is 0.0127. The van der Waals surface area contributed by atoms with Gasteiger partial charge in [-0.25, -0.2) is 0 Å². The van der Waals surface area contributed by atoms with E-state index in [-0.39, 0.29) is 60.6 Å². The van der Waals surface area contributed by atoms with Gasteiger partial charge in [0.05, 0.1) is 30.4 Å². The number of hydrogen-bond donors (Lipinski definition) is 6. The summed E-state index contributed by atoms with van der Waals surface area (Å²) >= 11 is 0. The van der Waals surface area contributed by atoms with Crippen LogP contribution in [0.25, 0.3) is 0 Å². The zero-order valence-corrected chi connectivity index (χ0v) is 40.0. The molecule has 68 heavy (non-hydrogen) atoms. The normalized spacial score (nSPS) is 33.2. The summed E-state index contributed by atoms with van der Waals surface area (Å²) in [6.45, 7) is 11.3. The molecule has 2 aromatic rings. The number of aliphatic hydroxyl groups is 1. The van der Waals surface area contributed by atoms with Crippen molar-refractivity contribution in [3.8, 4) is 0 Å². The molecule has 11 rings (SSSR count). The van der Waals surface area contributed by atoms with Gasteiger partial charge in [-0.15, -0.1) is 0 Å². The molecule has 6 unspecified atom stereocenters. The molecule has 0 aromatic heterocycles. The zero-order chi connectivity index (χ0) is 46.6. The van der Waals surface area contributed by atoms with Crippen LogP contribution in [-0.2, 0) is 20.9 Å². The molecule has 9 aliphatic heterocycles. The Balaban J connectivity index is 0.612. The Bertz CT molecular complexity index is 2230. The highest BCUT2D eigenvalue weighted by atomic mass is 16.3. The topological polar surface area (TPSA) is 168 Å². The summed E-state index contributed by atoms with van der Waals surface area (Å²) in [5.41, 5.74) is 4.78. The molecule has 4 amide bonds. The van der Waals surface area contributed by atoms with E-state index >= 15 is 0 Å². The molecule has 9 heterocycles. The van der Waals surface area contributed by atoms with Crippen molar-refractivity contribution in [1.82, 2.24) is 41.1 Å². The summed E-state index contributed by atoms with van der Waals surface area (Å²) in [4.78, 5) is 60.6. The summed E-state index contributed by atoms with van der Waals surface area (Å²) in [6, 6.07) is 14.4. The molecular weight excluding hydrogens is 859 g/mol. The number of allylic oxidation sites excluding steroid dienone is 1. The SMILES string of the molecule is C[C@@]1(O)CC/C=C\CN2C(=O)C3CNC(Nc4ccc(N5CCC6(CCN(CCC7CCN(c8ccc9c(c8)CN(C8CCC(=O)NC8=O)C9=O)CC7)CC6)CC5)cc4)NC3N2C2CCCC1N2. The molecule has 0 aliphatic carbocycles. The Morgan fingerprint density at radius 3 is 2.34 bits per heavy atom. The van der Waals surface area contributed by atoms with Gasteiger partial charge in [-0.2, -0.15) is 5.01 Å². The second-order valence-corrected chi connectivity index (χ2v) is 21.9. The van der Waals surface area contributed by atoms with Crippen LogP contribution < -0.4 is 36.4 Å². The molecular formula is C52H73N11O5. The number of hydrogen-bond acceptors (Lipinski definition) is 13. The Morgan fingerprint density at radius 1 is 0.809 bits per heavy atom. The van der Waals surface area contributed by atoms with Gasteiger partial charge in [0.1, 0.15) is 12.3 Å². The van der Waals surface area contributed by atoms with Crippen molar-refractivity contribution in [2.45, 2.75) is 140 Å². The second kappa shape index (κ2) is 19.0. The maximum absolute atomic E-state index is 13.8. The number of rotatable bonds is 8. The fourth-order valence-electron chi connectivity index (χ4n) is 13.3. The first kappa shape index (κ1) is 45.8. The molecule has 0 radical (unpaired) electrons. The van der Waals surface area contributed by atoms with E-state index in [2.05, 4.69) is 94.8 Å². The largest absolute Gasteiger partial charge is 0.389 e. The monoisotopic (exact) mass is 932 g/mol. The first-order valence-electron chi connectivity index (χ1n) is 26.1. The van der Waals surface area contributed by atoms with E-state index < -0.39 is 11.6 Å². The van der Waals surface area contributed by atoms with E-state index in [4.69, 9.17) is 0 Å². The van der Waals surface area contributed by atoms with Gasteiger partial charge in [0.25, 0.3) is 5.91 Å². The van der Waals surface area contributed by atoms with E-state index in [1.54, 1.807) is 4.90 Å². The smallest absolute Gasteiger partial charge is 0.255 e. The molecule has 16 nitrogen and oxygen atoms in total. The Hall–Kier alpha value is -4.58. The number of amides is 4. The molecule has 2 bridgehead atoms. The number of likely N-dealkylation sites (tertiary alicyclic amines) is 1. The molecule has 2 aromatic carbocycles. The van der Waals surface area contributed by atoms with E-state index in [0.29, 0.717) is 43.5 Å². The van der Waals surface area contributed by atoms with E-state index in [0.717, 1.165) is 74.7 Å². The van der Waals surface area contributed by atoms with Crippen LogP contribution in [0.4, 0.5) is 17.1 Å². The summed E-state index contributed by atoms with van der Waals surface area (Å²) < 4.78 is 0. The highest BCUT2D eigenvalue weighted by molar-refractivity contribution is 6.05. The van der Waals surface area contributed by atoms with Crippen molar-refractivity contribution >= 4 is 40.7 Å². The minimum atomic E-state index is -0.802. The van der Waals surface area contributed by atoms with Crippen molar-refractivity contribution in [2.75, 3.05) is 74.0 Å². The van der Waals surface area contributed by atoms with E-state index in [1.165, 1.54) is 70.3 Å². The Kier molecular flexibility index (Phi) is 12.8. The number of nitrogens with zero attached hydrogens (tertiary/aromatic N) is 6. The fourth-order valence-corrected chi connectivity index (χ4v) is 13.3. The molecule has 366 valence electrons. The van der Waals surface area contributed by atoms with Gasteiger partial charge in [0, 0.05) is 74.4 Å². The molecule has 0 saturated carbocycles. The third-order valence-corrected chi connectivity index (χ3v) is 17.7. The van der Waals surface area contributed by atoms with Crippen molar-refractivity contribution in [3.05, 3.63) is 65.7 Å². The number of imide groups is 1. The fraction of sp³-hybridized carbons (Fsp3) is 0.654.